The normalized spacial score (nSPS) is 15.3. The van der Waals surface area contributed by atoms with Gasteiger partial charge in [0.05, 0.1) is 0 Å². The minimum Gasteiger partial charge on any atom is -0.356 e. The first-order chi connectivity index (χ1) is 14.6. The summed E-state index contributed by atoms with van der Waals surface area (Å²) in [7, 11) is 1.77. The largest absolute Gasteiger partial charge is 0.356 e. The molecule has 7 heteroatoms. The third kappa shape index (κ3) is 6.16. The van der Waals surface area contributed by atoms with E-state index >= 15 is 0 Å². The molecular weight excluding hydrogens is 379 g/mol. The van der Waals surface area contributed by atoms with Crippen LogP contribution in [0.2, 0.25) is 0 Å². The SMILES string of the molecule is CCN1CCN(c2cc(CNC(=NC)NCCc3ccc(F)cc3C)ccn2)CC1. The lowest BCUT2D eigenvalue weighted by molar-refractivity contribution is 0.270. The van der Waals surface area contributed by atoms with Crippen LogP contribution in [0.3, 0.4) is 0 Å². The lowest BCUT2D eigenvalue weighted by Gasteiger charge is -2.34. The number of guanidine groups is 1. The van der Waals surface area contributed by atoms with Gasteiger partial charge in [-0.2, -0.15) is 0 Å². The molecule has 1 saturated heterocycles. The summed E-state index contributed by atoms with van der Waals surface area (Å²) in [6, 6.07) is 9.13. The summed E-state index contributed by atoms with van der Waals surface area (Å²) in [6.45, 7) is 10.9. The second-order valence-electron chi connectivity index (χ2n) is 7.62. The number of rotatable bonds is 7. The van der Waals surface area contributed by atoms with Crippen molar-refractivity contribution in [3.8, 4) is 0 Å². The fourth-order valence-electron chi connectivity index (χ4n) is 3.70. The number of likely N-dealkylation sites (N-methyl/N-ethyl adjacent to an activating group) is 1. The highest BCUT2D eigenvalue weighted by Gasteiger charge is 2.16. The first kappa shape index (κ1) is 22.0. The van der Waals surface area contributed by atoms with Gasteiger partial charge in [-0.1, -0.05) is 13.0 Å². The van der Waals surface area contributed by atoms with Crippen molar-refractivity contribution in [1.82, 2.24) is 20.5 Å². The minimum absolute atomic E-state index is 0.189. The van der Waals surface area contributed by atoms with E-state index in [-0.39, 0.29) is 5.82 Å². The standard InChI is InChI=1S/C23H33FN6/c1-4-29-11-13-30(14-12-29)22-16-19(7-9-26-22)17-28-23(25-3)27-10-8-20-5-6-21(24)15-18(20)2/h5-7,9,15-16H,4,8,10-14,17H2,1-3H3,(H2,25,27,28). The molecule has 0 saturated carbocycles. The number of aryl methyl sites for hydroxylation is 1. The van der Waals surface area contributed by atoms with E-state index in [1.165, 1.54) is 11.6 Å². The van der Waals surface area contributed by atoms with Gasteiger partial charge < -0.3 is 20.4 Å². The van der Waals surface area contributed by atoms with E-state index in [0.717, 1.165) is 68.6 Å². The van der Waals surface area contributed by atoms with Crippen molar-refractivity contribution in [3.05, 3.63) is 59.0 Å². The van der Waals surface area contributed by atoms with E-state index in [2.05, 4.69) is 43.4 Å². The summed E-state index contributed by atoms with van der Waals surface area (Å²) >= 11 is 0. The number of aliphatic imine (C=N–C) groups is 1. The van der Waals surface area contributed by atoms with Gasteiger partial charge in [-0.05, 0) is 60.8 Å². The lowest BCUT2D eigenvalue weighted by Crippen LogP contribution is -2.46. The van der Waals surface area contributed by atoms with Crippen molar-refractivity contribution in [1.29, 1.82) is 0 Å². The fraction of sp³-hybridized carbons (Fsp3) is 0.478. The fourth-order valence-corrected chi connectivity index (χ4v) is 3.70. The molecule has 30 heavy (non-hydrogen) atoms. The van der Waals surface area contributed by atoms with E-state index < -0.39 is 0 Å². The van der Waals surface area contributed by atoms with Crippen LogP contribution < -0.4 is 15.5 Å². The number of hydrogen-bond acceptors (Lipinski definition) is 4. The Morgan fingerprint density at radius 2 is 1.93 bits per heavy atom. The number of nitrogens with zero attached hydrogens (tertiary/aromatic N) is 4. The van der Waals surface area contributed by atoms with Crippen LogP contribution in [0.4, 0.5) is 10.2 Å². The monoisotopic (exact) mass is 412 g/mol. The summed E-state index contributed by atoms with van der Waals surface area (Å²) in [6.07, 6.45) is 2.70. The zero-order valence-electron chi connectivity index (χ0n) is 18.3. The van der Waals surface area contributed by atoms with Crippen molar-refractivity contribution in [3.63, 3.8) is 0 Å². The molecule has 0 amide bonds. The maximum Gasteiger partial charge on any atom is 0.191 e. The molecule has 2 N–H and O–H groups in total. The Labute approximate surface area is 179 Å². The molecule has 0 atom stereocenters. The van der Waals surface area contributed by atoms with Crippen LogP contribution in [0, 0.1) is 12.7 Å². The van der Waals surface area contributed by atoms with Crippen LogP contribution in [0.1, 0.15) is 23.6 Å². The number of aromatic nitrogens is 1. The van der Waals surface area contributed by atoms with Crippen LogP contribution >= 0.6 is 0 Å². The molecule has 0 unspecified atom stereocenters. The number of benzene rings is 1. The molecular formula is C23H33FN6. The Hall–Kier alpha value is -2.67. The highest BCUT2D eigenvalue weighted by Crippen LogP contribution is 2.15. The highest BCUT2D eigenvalue weighted by molar-refractivity contribution is 5.79. The van der Waals surface area contributed by atoms with Crippen LogP contribution in [-0.2, 0) is 13.0 Å². The van der Waals surface area contributed by atoms with Crippen molar-refractivity contribution in [2.75, 3.05) is 51.2 Å². The lowest BCUT2D eigenvalue weighted by atomic mass is 10.1. The number of anilines is 1. The van der Waals surface area contributed by atoms with E-state index in [0.29, 0.717) is 6.54 Å². The second-order valence-corrected chi connectivity index (χ2v) is 7.62. The molecule has 2 aromatic rings. The molecule has 1 aliphatic rings. The van der Waals surface area contributed by atoms with E-state index in [1.54, 1.807) is 13.1 Å². The summed E-state index contributed by atoms with van der Waals surface area (Å²) in [5.74, 6) is 1.61. The third-order valence-electron chi connectivity index (χ3n) is 5.63. The minimum atomic E-state index is -0.189. The number of pyridine rings is 1. The Morgan fingerprint density at radius 3 is 2.63 bits per heavy atom. The Kier molecular flexibility index (Phi) is 8.02. The van der Waals surface area contributed by atoms with Crippen molar-refractivity contribution < 1.29 is 4.39 Å². The van der Waals surface area contributed by atoms with E-state index in [9.17, 15) is 4.39 Å². The van der Waals surface area contributed by atoms with Gasteiger partial charge in [0.2, 0.25) is 0 Å². The van der Waals surface area contributed by atoms with Gasteiger partial charge in [-0.3, -0.25) is 4.99 Å². The van der Waals surface area contributed by atoms with Gasteiger partial charge in [0.1, 0.15) is 11.6 Å². The third-order valence-corrected chi connectivity index (χ3v) is 5.63. The maximum atomic E-state index is 13.2. The number of piperazine rings is 1. The summed E-state index contributed by atoms with van der Waals surface area (Å²) < 4.78 is 13.2. The van der Waals surface area contributed by atoms with E-state index in [1.807, 2.05) is 25.3 Å². The predicted octanol–water partition coefficient (Wildman–Crippen LogP) is 2.58. The van der Waals surface area contributed by atoms with Gasteiger partial charge >= 0.3 is 0 Å². The molecule has 0 radical (unpaired) electrons. The quantitative estimate of drug-likeness (QED) is 0.541. The first-order valence-corrected chi connectivity index (χ1v) is 10.7. The van der Waals surface area contributed by atoms with Crippen LogP contribution in [0.5, 0.6) is 0 Å². The molecule has 6 nitrogen and oxygen atoms in total. The van der Waals surface area contributed by atoms with Crippen molar-refractivity contribution in [2.45, 2.75) is 26.8 Å². The predicted molar refractivity (Wildman–Crippen MR) is 122 cm³/mol. The molecule has 0 bridgehead atoms. The molecule has 3 rings (SSSR count). The molecule has 0 aliphatic carbocycles. The number of nitrogens with one attached hydrogen (secondary N) is 2. The first-order valence-electron chi connectivity index (χ1n) is 10.7. The van der Waals surface area contributed by atoms with Crippen LogP contribution in [0.25, 0.3) is 0 Å². The van der Waals surface area contributed by atoms with Gasteiger partial charge in [-0.15, -0.1) is 0 Å². The summed E-state index contributed by atoms with van der Waals surface area (Å²) in [4.78, 5) is 13.7. The molecule has 1 aromatic heterocycles. The smallest absolute Gasteiger partial charge is 0.191 e. The van der Waals surface area contributed by atoms with E-state index in [4.69, 9.17) is 0 Å². The van der Waals surface area contributed by atoms with Crippen molar-refractivity contribution in [2.24, 2.45) is 4.99 Å². The van der Waals surface area contributed by atoms with Gasteiger partial charge in [-0.25, -0.2) is 9.37 Å². The average molecular weight is 413 g/mol. The zero-order valence-corrected chi connectivity index (χ0v) is 18.3. The van der Waals surface area contributed by atoms with Crippen LogP contribution in [0.15, 0.2) is 41.5 Å². The molecule has 0 spiro atoms. The Balaban J connectivity index is 1.48. The summed E-state index contributed by atoms with van der Waals surface area (Å²) in [5.41, 5.74) is 3.29. The Bertz CT molecular complexity index is 845. The number of hydrogen-bond donors (Lipinski definition) is 2. The molecule has 2 heterocycles. The zero-order chi connectivity index (χ0) is 21.3. The second kappa shape index (κ2) is 10.9. The van der Waals surface area contributed by atoms with Crippen LogP contribution in [-0.4, -0.2) is 62.2 Å². The molecule has 1 aliphatic heterocycles. The summed E-state index contributed by atoms with van der Waals surface area (Å²) in [5, 5.41) is 6.70. The molecule has 1 fully saturated rings. The van der Waals surface area contributed by atoms with Crippen molar-refractivity contribution >= 4 is 11.8 Å². The van der Waals surface area contributed by atoms with Gasteiger partial charge in [0, 0.05) is 52.5 Å². The maximum absolute atomic E-state index is 13.2. The van der Waals surface area contributed by atoms with Gasteiger partial charge in [0.15, 0.2) is 5.96 Å². The average Bonchev–Trinajstić information content (AvgIpc) is 2.77. The Morgan fingerprint density at radius 1 is 1.13 bits per heavy atom. The topological polar surface area (TPSA) is 55.8 Å². The van der Waals surface area contributed by atoms with Gasteiger partial charge in [0.25, 0.3) is 0 Å². The molecule has 1 aromatic carbocycles. The highest BCUT2D eigenvalue weighted by atomic mass is 19.1. The molecule has 162 valence electrons. The number of halogens is 1.